The summed E-state index contributed by atoms with van der Waals surface area (Å²) in [7, 11) is 1.74. The third-order valence-electron chi connectivity index (χ3n) is 8.42. The molecule has 10 heteroatoms. The van der Waals surface area contributed by atoms with Crippen LogP contribution in [-0.2, 0) is 13.5 Å². The molecule has 0 amide bonds. The van der Waals surface area contributed by atoms with E-state index in [9.17, 15) is 4.79 Å². The van der Waals surface area contributed by atoms with Crippen LogP contribution in [0.2, 0.25) is 0 Å². The zero-order valence-electron chi connectivity index (χ0n) is 25.4. The van der Waals surface area contributed by atoms with E-state index in [1.54, 1.807) is 60.0 Å². The first kappa shape index (κ1) is 29.5. The lowest BCUT2D eigenvalue weighted by atomic mass is 10.0. The molecule has 0 saturated carbocycles. The number of hydrogen-bond donors (Lipinski definition) is 1. The Balaban J connectivity index is 1.43. The molecule has 3 aromatic heterocycles. The molecule has 0 fully saturated rings. The molecular weight excluding hydrogens is 560 g/mol. The normalized spacial score (nSPS) is 15.0. The molecule has 228 valence electrons. The van der Waals surface area contributed by atoms with Crippen molar-refractivity contribution in [1.29, 1.82) is 0 Å². The molecule has 1 aliphatic rings. The molecule has 2 aromatic carbocycles. The van der Waals surface area contributed by atoms with Gasteiger partial charge in [0.25, 0.3) is 0 Å². The van der Waals surface area contributed by atoms with E-state index < -0.39 is 11.5 Å². The topological polar surface area (TPSA) is 74.6 Å². The molecular formula is C34H37F2N7O. The van der Waals surface area contributed by atoms with Gasteiger partial charge >= 0.3 is 5.69 Å². The lowest BCUT2D eigenvalue weighted by Crippen LogP contribution is -2.30. The summed E-state index contributed by atoms with van der Waals surface area (Å²) < 4.78 is 37.0. The van der Waals surface area contributed by atoms with Crippen molar-refractivity contribution >= 4 is 17.0 Å². The maximum absolute atomic E-state index is 15.6. The summed E-state index contributed by atoms with van der Waals surface area (Å²) in [5.74, 6) is -0.253. The first-order valence-electron chi connectivity index (χ1n) is 15.1. The van der Waals surface area contributed by atoms with Gasteiger partial charge in [-0.2, -0.15) is 10.2 Å². The molecule has 4 heterocycles. The number of rotatable bonds is 10. The summed E-state index contributed by atoms with van der Waals surface area (Å²) >= 11 is 0. The summed E-state index contributed by atoms with van der Waals surface area (Å²) in [6.07, 6.45) is 16.2. The van der Waals surface area contributed by atoms with Crippen molar-refractivity contribution in [3.05, 3.63) is 106 Å². The van der Waals surface area contributed by atoms with Gasteiger partial charge in [0, 0.05) is 49.6 Å². The maximum Gasteiger partial charge on any atom is 0.338 e. The number of allylic oxidation sites excluding steroid dienone is 2. The predicted octanol–water partition coefficient (Wildman–Crippen LogP) is 6.64. The Morgan fingerprint density at radius 1 is 1.09 bits per heavy atom. The van der Waals surface area contributed by atoms with Gasteiger partial charge in [-0.15, -0.1) is 6.58 Å². The molecule has 5 aromatic rings. The van der Waals surface area contributed by atoms with Crippen molar-refractivity contribution in [3.8, 4) is 17.2 Å². The predicted molar refractivity (Wildman–Crippen MR) is 170 cm³/mol. The van der Waals surface area contributed by atoms with Crippen LogP contribution in [0.5, 0.6) is 0 Å². The van der Waals surface area contributed by atoms with Crippen LogP contribution in [0.4, 0.5) is 8.78 Å². The van der Waals surface area contributed by atoms with Crippen molar-refractivity contribution in [2.75, 3.05) is 6.54 Å². The molecule has 44 heavy (non-hydrogen) atoms. The van der Waals surface area contributed by atoms with Crippen LogP contribution >= 0.6 is 0 Å². The van der Waals surface area contributed by atoms with Gasteiger partial charge in [0.05, 0.1) is 34.2 Å². The summed E-state index contributed by atoms with van der Waals surface area (Å²) in [5.41, 5.74) is 3.68. The highest BCUT2D eigenvalue weighted by Crippen LogP contribution is 2.32. The van der Waals surface area contributed by atoms with Gasteiger partial charge in [0.1, 0.15) is 11.6 Å². The monoisotopic (exact) mass is 597 g/mol. The Kier molecular flexibility index (Phi) is 8.18. The highest BCUT2D eigenvalue weighted by atomic mass is 19.1. The van der Waals surface area contributed by atoms with Crippen LogP contribution in [0.1, 0.15) is 67.5 Å². The fourth-order valence-electron chi connectivity index (χ4n) is 6.06. The molecule has 0 saturated heterocycles. The van der Waals surface area contributed by atoms with Crippen LogP contribution in [0, 0.1) is 18.6 Å². The van der Waals surface area contributed by atoms with E-state index >= 15 is 8.78 Å². The quantitative estimate of drug-likeness (QED) is 0.145. The second kappa shape index (κ2) is 12.2. The Morgan fingerprint density at radius 3 is 2.70 bits per heavy atom. The number of aryl methyl sites for hydroxylation is 2. The Bertz CT molecular complexity index is 1940. The van der Waals surface area contributed by atoms with Gasteiger partial charge in [-0.3, -0.25) is 13.8 Å². The van der Waals surface area contributed by atoms with Crippen molar-refractivity contribution < 1.29 is 8.78 Å². The van der Waals surface area contributed by atoms with Gasteiger partial charge in [0.2, 0.25) is 0 Å². The lowest BCUT2D eigenvalue weighted by Gasteiger charge is -2.21. The Morgan fingerprint density at radius 2 is 1.89 bits per heavy atom. The van der Waals surface area contributed by atoms with Crippen LogP contribution < -0.4 is 11.0 Å². The minimum atomic E-state index is -0.521. The number of nitrogens with one attached hydrogen (secondary N) is 1. The van der Waals surface area contributed by atoms with Gasteiger partial charge in [-0.25, -0.2) is 18.3 Å². The van der Waals surface area contributed by atoms with Crippen molar-refractivity contribution in [1.82, 2.24) is 34.0 Å². The molecule has 1 aliphatic heterocycles. The van der Waals surface area contributed by atoms with E-state index in [4.69, 9.17) is 5.10 Å². The number of hydrogen-bond acceptors (Lipinski definition) is 4. The van der Waals surface area contributed by atoms with Crippen LogP contribution in [0.3, 0.4) is 0 Å². The SMILES string of the molecule is C=CCCCCC/C=C\c1cc(-n2nc3c(c2-n2ccn(-c4ccc5c(cnn5C)c4F)c2=O)[C@H](C)NCC3)cc(C)c1F. The Labute approximate surface area is 254 Å². The summed E-state index contributed by atoms with van der Waals surface area (Å²) in [5, 5.41) is 12.9. The van der Waals surface area contributed by atoms with Crippen LogP contribution in [-0.4, -0.2) is 35.2 Å². The van der Waals surface area contributed by atoms with E-state index in [1.165, 1.54) is 15.3 Å². The standard InChI is InChI=1S/C34H37F2N7O/c1-5-6-7-8-9-10-11-12-24-20-25(19-22(2)31(24)35)43-33(30-23(3)37-16-15-27(30)39-43)42-18-17-41(34(42)44)29-14-13-28-26(32(29)36)21-38-40(28)4/h5,11-14,17-21,23,37H,1,6-10,15-16H2,2-4H3/b12-11-/t23-/m0/s1. The Hall–Kier alpha value is -4.57. The first-order chi connectivity index (χ1) is 21.3. The van der Waals surface area contributed by atoms with Gasteiger partial charge in [0.15, 0.2) is 5.82 Å². The van der Waals surface area contributed by atoms with Crippen LogP contribution in [0.25, 0.3) is 34.2 Å². The smallest absolute Gasteiger partial charge is 0.310 e. The average molecular weight is 598 g/mol. The molecule has 0 spiro atoms. The van der Waals surface area contributed by atoms with Gasteiger partial charge in [-0.05, 0) is 69.4 Å². The molecule has 0 bridgehead atoms. The summed E-state index contributed by atoms with van der Waals surface area (Å²) in [6, 6.07) is 6.78. The van der Waals surface area contributed by atoms with E-state index in [0.717, 1.165) is 49.9 Å². The number of imidazole rings is 1. The molecule has 8 nitrogen and oxygen atoms in total. The van der Waals surface area contributed by atoms with E-state index in [0.29, 0.717) is 40.0 Å². The second-order valence-electron chi connectivity index (χ2n) is 11.4. The number of halogens is 2. The molecule has 0 aliphatic carbocycles. The van der Waals surface area contributed by atoms with Crippen molar-refractivity contribution in [2.45, 2.75) is 58.4 Å². The number of unbranched alkanes of at least 4 members (excludes halogenated alkanes) is 4. The molecule has 1 N–H and O–H groups in total. The number of fused-ring (bicyclic) bond motifs is 2. The summed E-state index contributed by atoms with van der Waals surface area (Å²) in [4.78, 5) is 14.0. The third kappa shape index (κ3) is 5.23. The van der Waals surface area contributed by atoms with Gasteiger partial charge < -0.3 is 5.32 Å². The highest BCUT2D eigenvalue weighted by Gasteiger charge is 2.29. The first-order valence-corrected chi connectivity index (χ1v) is 15.1. The van der Waals surface area contributed by atoms with Crippen molar-refractivity contribution in [2.24, 2.45) is 7.05 Å². The molecule has 0 unspecified atom stereocenters. The number of benzene rings is 2. The number of nitrogens with zero attached hydrogens (tertiary/aromatic N) is 6. The third-order valence-corrected chi connectivity index (χ3v) is 8.42. The molecule has 0 radical (unpaired) electrons. The van der Waals surface area contributed by atoms with Gasteiger partial charge in [-0.1, -0.05) is 24.6 Å². The molecule has 1 atom stereocenters. The fraction of sp³-hybridized carbons (Fsp3) is 0.324. The average Bonchev–Trinajstić information content (AvgIpc) is 3.70. The zero-order valence-corrected chi connectivity index (χ0v) is 25.4. The second-order valence-corrected chi connectivity index (χ2v) is 11.4. The largest absolute Gasteiger partial charge is 0.338 e. The fourth-order valence-corrected chi connectivity index (χ4v) is 6.06. The maximum atomic E-state index is 15.6. The van der Waals surface area contributed by atoms with E-state index in [-0.39, 0.29) is 17.5 Å². The lowest BCUT2D eigenvalue weighted by molar-refractivity contribution is 0.536. The highest BCUT2D eigenvalue weighted by molar-refractivity contribution is 5.81. The van der Waals surface area contributed by atoms with E-state index in [2.05, 4.69) is 17.0 Å². The number of aromatic nitrogens is 6. The van der Waals surface area contributed by atoms with Crippen molar-refractivity contribution in [3.63, 3.8) is 0 Å². The zero-order chi connectivity index (χ0) is 31.0. The summed E-state index contributed by atoms with van der Waals surface area (Å²) in [6.45, 7) is 8.28. The minimum Gasteiger partial charge on any atom is -0.310 e. The molecule has 6 rings (SSSR count). The van der Waals surface area contributed by atoms with E-state index in [1.807, 2.05) is 25.2 Å². The minimum absolute atomic E-state index is 0.0803. The van der Waals surface area contributed by atoms with Crippen LogP contribution in [0.15, 0.2) is 66.4 Å².